The summed E-state index contributed by atoms with van der Waals surface area (Å²) < 4.78 is 0. The molecule has 0 heterocycles. The highest BCUT2D eigenvalue weighted by Crippen LogP contribution is 2.30. The van der Waals surface area contributed by atoms with Crippen LogP contribution in [0.4, 0.5) is 5.69 Å². The molecule has 1 aromatic carbocycles. The molecule has 1 nitrogen and oxygen atoms in total. The summed E-state index contributed by atoms with van der Waals surface area (Å²) in [6.45, 7) is 9.18. The number of anilines is 1. The van der Waals surface area contributed by atoms with Crippen LogP contribution in [0.1, 0.15) is 57.1 Å². The third kappa shape index (κ3) is 3.75. The quantitative estimate of drug-likeness (QED) is 0.724. The van der Waals surface area contributed by atoms with Crippen LogP contribution in [0, 0.1) is 25.7 Å². The van der Waals surface area contributed by atoms with E-state index in [0.717, 1.165) is 11.8 Å². The van der Waals surface area contributed by atoms with Crippen LogP contribution in [-0.2, 0) is 0 Å². The van der Waals surface area contributed by atoms with Gasteiger partial charge in [-0.1, -0.05) is 38.8 Å². The van der Waals surface area contributed by atoms with Gasteiger partial charge < -0.3 is 5.32 Å². The van der Waals surface area contributed by atoms with Crippen molar-refractivity contribution in [1.29, 1.82) is 0 Å². The van der Waals surface area contributed by atoms with E-state index in [0.29, 0.717) is 6.04 Å². The summed E-state index contributed by atoms with van der Waals surface area (Å²) in [6, 6.07) is 7.26. The fourth-order valence-electron chi connectivity index (χ4n) is 3.27. The van der Waals surface area contributed by atoms with Gasteiger partial charge in [-0.2, -0.15) is 0 Å². The zero-order valence-electron chi connectivity index (χ0n) is 13.0. The lowest BCUT2D eigenvalue weighted by atomic mass is 9.89. The van der Waals surface area contributed by atoms with Crippen molar-refractivity contribution < 1.29 is 0 Å². The van der Waals surface area contributed by atoms with E-state index in [-0.39, 0.29) is 0 Å². The van der Waals surface area contributed by atoms with E-state index < -0.39 is 0 Å². The Morgan fingerprint density at radius 2 is 1.84 bits per heavy atom. The van der Waals surface area contributed by atoms with Gasteiger partial charge in [-0.3, -0.25) is 0 Å². The lowest BCUT2D eigenvalue weighted by Gasteiger charge is -2.21. The van der Waals surface area contributed by atoms with Gasteiger partial charge >= 0.3 is 0 Å². The highest BCUT2D eigenvalue weighted by Gasteiger charge is 2.21. The summed E-state index contributed by atoms with van der Waals surface area (Å²) in [7, 11) is 0. The van der Waals surface area contributed by atoms with Crippen LogP contribution < -0.4 is 5.32 Å². The largest absolute Gasteiger partial charge is 0.382 e. The zero-order valence-corrected chi connectivity index (χ0v) is 13.0. The van der Waals surface area contributed by atoms with Crippen LogP contribution in [0.2, 0.25) is 0 Å². The van der Waals surface area contributed by atoms with Crippen LogP contribution in [0.15, 0.2) is 18.2 Å². The summed E-state index contributed by atoms with van der Waals surface area (Å²) in [4.78, 5) is 0. The fraction of sp³-hybridized carbons (Fsp3) is 0.667. The van der Waals surface area contributed by atoms with Crippen molar-refractivity contribution in [2.24, 2.45) is 11.8 Å². The molecular weight excluding hydrogens is 230 g/mol. The topological polar surface area (TPSA) is 12.0 Å². The highest BCUT2D eigenvalue weighted by atomic mass is 14.9. The fourth-order valence-corrected chi connectivity index (χ4v) is 3.27. The van der Waals surface area contributed by atoms with Gasteiger partial charge in [0.25, 0.3) is 0 Å². The van der Waals surface area contributed by atoms with E-state index in [9.17, 15) is 0 Å². The van der Waals surface area contributed by atoms with E-state index in [1.165, 1.54) is 48.9 Å². The summed E-state index contributed by atoms with van der Waals surface area (Å²) in [6.07, 6.45) is 6.85. The first-order valence-corrected chi connectivity index (χ1v) is 7.90. The second kappa shape index (κ2) is 6.45. The Morgan fingerprint density at radius 1 is 1.05 bits per heavy atom. The molecule has 0 aromatic heterocycles. The van der Waals surface area contributed by atoms with Gasteiger partial charge in [0.2, 0.25) is 0 Å². The van der Waals surface area contributed by atoms with E-state index in [4.69, 9.17) is 0 Å². The van der Waals surface area contributed by atoms with Crippen molar-refractivity contribution in [3.63, 3.8) is 0 Å². The average molecular weight is 259 g/mol. The molecule has 2 atom stereocenters. The number of nitrogens with one attached hydrogen (secondary N) is 1. The summed E-state index contributed by atoms with van der Waals surface area (Å²) in [5.74, 6) is 1.78. The molecule has 0 aliphatic heterocycles. The van der Waals surface area contributed by atoms with Gasteiger partial charge in [-0.15, -0.1) is 0 Å². The third-order valence-electron chi connectivity index (χ3n) is 4.92. The lowest BCUT2D eigenvalue weighted by molar-refractivity contribution is 0.341. The van der Waals surface area contributed by atoms with Gasteiger partial charge in [0, 0.05) is 11.7 Å². The molecule has 2 rings (SSSR count). The Kier molecular flexibility index (Phi) is 4.90. The predicted octanol–water partition coefficient (Wildman–Crippen LogP) is 5.32. The molecule has 0 bridgehead atoms. The summed E-state index contributed by atoms with van der Waals surface area (Å²) in [5.41, 5.74) is 4.14. The van der Waals surface area contributed by atoms with Gasteiger partial charge in [0.05, 0.1) is 0 Å². The molecule has 0 radical (unpaired) electrons. The van der Waals surface area contributed by atoms with Gasteiger partial charge in [-0.05, 0) is 62.1 Å². The normalized spacial score (nSPS) is 24.3. The minimum absolute atomic E-state index is 0.671. The molecular formula is C18H29N. The molecule has 0 saturated heterocycles. The van der Waals surface area contributed by atoms with Crippen LogP contribution in [-0.4, -0.2) is 6.04 Å². The predicted molar refractivity (Wildman–Crippen MR) is 84.7 cm³/mol. The van der Waals surface area contributed by atoms with Gasteiger partial charge in [-0.25, -0.2) is 0 Å². The van der Waals surface area contributed by atoms with Crippen LogP contribution in [0.25, 0.3) is 0 Å². The minimum atomic E-state index is 0.671. The monoisotopic (exact) mass is 259 g/mol. The zero-order chi connectivity index (χ0) is 13.8. The maximum Gasteiger partial charge on any atom is 0.0374 e. The number of aryl methyl sites for hydroxylation is 1. The standard InChI is InChI=1S/C18H29N/c1-13(2)16-8-6-9-17(12-11-16)19-18-10-5-7-14(3)15(18)4/h5,7,10,13,16-17,19H,6,8-9,11-12H2,1-4H3. The maximum absolute atomic E-state index is 3.79. The minimum Gasteiger partial charge on any atom is -0.382 e. The smallest absolute Gasteiger partial charge is 0.0374 e. The second-order valence-corrected chi connectivity index (χ2v) is 6.60. The van der Waals surface area contributed by atoms with Crippen molar-refractivity contribution in [2.45, 2.75) is 65.8 Å². The highest BCUT2D eigenvalue weighted by molar-refractivity contribution is 5.54. The molecule has 1 aromatic rings. The molecule has 0 amide bonds. The molecule has 1 N–H and O–H groups in total. The third-order valence-corrected chi connectivity index (χ3v) is 4.92. The number of benzene rings is 1. The van der Waals surface area contributed by atoms with Crippen LogP contribution >= 0.6 is 0 Å². The molecule has 19 heavy (non-hydrogen) atoms. The van der Waals surface area contributed by atoms with Gasteiger partial charge in [0.1, 0.15) is 0 Å². The number of hydrogen-bond acceptors (Lipinski definition) is 1. The molecule has 106 valence electrons. The Labute approximate surface area is 118 Å². The molecule has 1 fully saturated rings. The van der Waals surface area contributed by atoms with E-state index >= 15 is 0 Å². The first-order valence-electron chi connectivity index (χ1n) is 7.90. The Morgan fingerprint density at radius 3 is 2.58 bits per heavy atom. The van der Waals surface area contributed by atoms with Crippen LogP contribution in [0.3, 0.4) is 0 Å². The Bertz CT molecular complexity index is 408. The first kappa shape index (κ1) is 14.4. The summed E-state index contributed by atoms with van der Waals surface area (Å²) >= 11 is 0. The van der Waals surface area contributed by atoms with Crippen molar-refractivity contribution in [2.75, 3.05) is 5.32 Å². The van der Waals surface area contributed by atoms with Crippen LogP contribution in [0.5, 0.6) is 0 Å². The molecule has 1 heteroatoms. The van der Waals surface area contributed by atoms with Crippen molar-refractivity contribution in [1.82, 2.24) is 0 Å². The van der Waals surface area contributed by atoms with E-state index in [1.807, 2.05) is 0 Å². The van der Waals surface area contributed by atoms with Crippen molar-refractivity contribution in [3.8, 4) is 0 Å². The molecule has 1 aliphatic carbocycles. The lowest BCUT2D eigenvalue weighted by Crippen LogP contribution is -2.19. The van der Waals surface area contributed by atoms with Crippen molar-refractivity contribution >= 4 is 5.69 Å². The van der Waals surface area contributed by atoms with Gasteiger partial charge in [0.15, 0.2) is 0 Å². The number of rotatable bonds is 3. The average Bonchev–Trinajstić information content (AvgIpc) is 2.60. The summed E-state index contributed by atoms with van der Waals surface area (Å²) in [5, 5.41) is 3.79. The molecule has 2 unspecified atom stereocenters. The molecule has 0 spiro atoms. The van der Waals surface area contributed by atoms with E-state index in [1.54, 1.807) is 0 Å². The Balaban J connectivity index is 1.98. The maximum atomic E-state index is 3.79. The molecule has 1 saturated carbocycles. The SMILES string of the molecule is Cc1cccc(NC2CCCC(C(C)C)CC2)c1C. The Hall–Kier alpha value is -0.980. The molecule has 1 aliphatic rings. The number of hydrogen-bond donors (Lipinski definition) is 1. The van der Waals surface area contributed by atoms with Crippen molar-refractivity contribution in [3.05, 3.63) is 29.3 Å². The first-order chi connectivity index (χ1) is 9.08. The second-order valence-electron chi connectivity index (χ2n) is 6.60. The van der Waals surface area contributed by atoms with E-state index in [2.05, 4.69) is 51.2 Å².